The van der Waals surface area contributed by atoms with Gasteiger partial charge in [-0.15, -0.1) is 0 Å². The largest absolute Gasteiger partial charge is 0.337 e. The Morgan fingerprint density at radius 1 is 1.17 bits per heavy atom. The number of hydrogen-bond donors (Lipinski definition) is 1. The van der Waals surface area contributed by atoms with Crippen LogP contribution in [0, 0.1) is 0 Å². The van der Waals surface area contributed by atoms with E-state index in [2.05, 4.69) is 15.5 Å². The molecule has 0 fully saturated rings. The Morgan fingerprint density at radius 3 is 2.72 bits per heavy atom. The van der Waals surface area contributed by atoms with Crippen molar-refractivity contribution >= 4 is 29.0 Å². The molecule has 0 aliphatic carbocycles. The second kappa shape index (κ2) is 7.51. The smallest absolute Gasteiger partial charge is 0.299 e. The lowest BCUT2D eigenvalue weighted by molar-refractivity contribution is -0.114. The van der Waals surface area contributed by atoms with Gasteiger partial charge >= 0.3 is 0 Å². The van der Waals surface area contributed by atoms with Crippen molar-refractivity contribution < 1.29 is 18.9 Å². The lowest BCUT2D eigenvalue weighted by Crippen LogP contribution is -2.29. The van der Waals surface area contributed by atoms with Gasteiger partial charge in [0, 0.05) is 11.3 Å². The van der Waals surface area contributed by atoms with Gasteiger partial charge in [0.05, 0.1) is 11.3 Å². The first kappa shape index (κ1) is 18.3. The van der Waals surface area contributed by atoms with Gasteiger partial charge in [0.25, 0.3) is 11.7 Å². The first-order valence-corrected chi connectivity index (χ1v) is 8.88. The van der Waals surface area contributed by atoms with E-state index in [1.54, 1.807) is 25.1 Å². The van der Waals surface area contributed by atoms with Crippen molar-refractivity contribution in [3.05, 3.63) is 72.1 Å². The van der Waals surface area contributed by atoms with Crippen LogP contribution in [0.25, 0.3) is 11.4 Å². The number of anilines is 2. The Morgan fingerprint density at radius 2 is 1.97 bits per heavy atom. The molecule has 0 saturated heterocycles. The van der Waals surface area contributed by atoms with E-state index < -0.39 is 11.7 Å². The van der Waals surface area contributed by atoms with E-state index in [4.69, 9.17) is 4.52 Å². The quantitative estimate of drug-likeness (QED) is 0.532. The molecule has 2 aromatic carbocycles. The number of carbonyl (C=O) groups is 3. The number of fused-ring (bicyclic) bond motifs is 1. The Kier molecular flexibility index (Phi) is 4.74. The summed E-state index contributed by atoms with van der Waals surface area (Å²) in [6.07, 6.45) is 2.97. The summed E-state index contributed by atoms with van der Waals surface area (Å²) in [4.78, 5) is 42.2. The van der Waals surface area contributed by atoms with Crippen LogP contribution in [0.3, 0.4) is 0 Å². The minimum Gasteiger partial charge on any atom is -0.337 e. The summed E-state index contributed by atoms with van der Waals surface area (Å²) < 4.78 is 5.25. The monoisotopic (exact) mass is 388 g/mol. The zero-order valence-corrected chi connectivity index (χ0v) is 15.5. The maximum Gasteiger partial charge on any atom is 0.299 e. The highest BCUT2D eigenvalue weighted by Gasteiger charge is 2.37. The van der Waals surface area contributed by atoms with Crippen molar-refractivity contribution in [3.63, 3.8) is 0 Å². The molecule has 1 N–H and O–H groups in total. The SMILES string of the molecule is CC=CC(=O)Nc1ccc2c(c1)C(=O)C(=O)N2Cc1nc(-c2ccccc2)no1. The maximum absolute atomic E-state index is 12.5. The average Bonchev–Trinajstić information content (AvgIpc) is 3.28. The number of amides is 2. The number of rotatable bonds is 5. The topological polar surface area (TPSA) is 105 Å². The second-order valence-corrected chi connectivity index (χ2v) is 6.32. The third-order valence-electron chi connectivity index (χ3n) is 4.35. The highest BCUT2D eigenvalue weighted by Crippen LogP contribution is 2.32. The molecule has 1 aliphatic heterocycles. The molecular weight excluding hydrogens is 372 g/mol. The molecule has 8 nitrogen and oxygen atoms in total. The minimum absolute atomic E-state index is 0.0261. The molecular formula is C21H16N4O4. The minimum atomic E-state index is -0.684. The lowest BCUT2D eigenvalue weighted by atomic mass is 10.1. The molecule has 2 amide bonds. The normalized spacial score (nSPS) is 13.2. The van der Waals surface area contributed by atoms with Crippen molar-refractivity contribution in [1.82, 2.24) is 10.1 Å². The molecule has 8 heteroatoms. The average molecular weight is 388 g/mol. The number of hydrogen-bond acceptors (Lipinski definition) is 6. The van der Waals surface area contributed by atoms with E-state index in [0.717, 1.165) is 5.56 Å². The highest BCUT2D eigenvalue weighted by atomic mass is 16.5. The van der Waals surface area contributed by atoms with Crippen LogP contribution in [0.2, 0.25) is 0 Å². The maximum atomic E-state index is 12.5. The number of allylic oxidation sites excluding steroid dienone is 1. The molecule has 1 aromatic heterocycles. The summed E-state index contributed by atoms with van der Waals surface area (Å²) in [5.74, 6) is -1.04. The third kappa shape index (κ3) is 3.55. The van der Waals surface area contributed by atoms with Gasteiger partial charge in [-0.1, -0.05) is 41.6 Å². The van der Waals surface area contributed by atoms with Crippen LogP contribution in [0.4, 0.5) is 11.4 Å². The van der Waals surface area contributed by atoms with Crippen LogP contribution >= 0.6 is 0 Å². The van der Waals surface area contributed by atoms with Crippen LogP contribution in [0.5, 0.6) is 0 Å². The molecule has 0 radical (unpaired) electrons. The Bertz CT molecular complexity index is 1130. The first-order valence-electron chi connectivity index (χ1n) is 8.88. The van der Waals surface area contributed by atoms with E-state index >= 15 is 0 Å². The standard InChI is InChI=1S/C21H16N4O4/c1-2-6-17(26)22-14-9-10-16-15(11-14)19(27)21(28)25(16)12-18-23-20(24-29-18)13-7-4-3-5-8-13/h2-11H,12H2,1H3,(H,22,26). The molecule has 3 aromatic rings. The number of Topliss-reactive ketones (excluding diaryl/α,β-unsaturated/α-hetero) is 1. The molecule has 0 unspecified atom stereocenters. The van der Waals surface area contributed by atoms with Crippen molar-refractivity contribution in [3.8, 4) is 11.4 Å². The summed E-state index contributed by atoms with van der Waals surface area (Å²) >= 11 is 0. The van der Waals surface area contributed by atoms with Gasteiger partial charge in [-0.25, -0.2) is 0 Å². The van der Waals surface area contributed by atoms with E-state index in [1.807, 2.05) is 30.3 Å². The zero-order chi connectivity index (χ0) is 20.4. The fourth-order valence-electron chi connectivity index (χ4n) is 3.03. The van der Waals surface area contributed by atoms with Crippen LogP contribution in [-0.4, -0.2) is 27.7 Å². The number of ketones is 1. The molecule has 144 valence electrons. The van der Waals surface area contributed by atoms with Gasteiger partial charge in [-0.2, -0.15) is 4.98 Å². The molecule has 4 rings (SSSR count). The van der Waals surface area contributed by atoms with Gasteiger partial charge in [-0.3, -0.25) is 19.3 Å². The van der Waals surface area contributed by atoms with Gasteiger partial charge in [0.15, 0.2) is 0 Å². The Balaban J connectivity index is 1.57. The van der Waals surface area contributed by atoms with Gasteiger partial charge in [-0.05, 0) is 31.2 Å². The summed E-state index contributed by atoms with van der Waals surface area (Å²) in [5.41, 5.74) is 1.87. The number of benzene rings is 2. The number of carbonyl (C=O) groups excluding carboxylic acids is 3. The summed E-state index contributed by atoms with van der Waals surface area (Å²) in [6, 6.07) is 14.0. The predicted molar refractivity (Wildman–Crippen MR) is 105 cm³/mol. The van der Waals surface area contributed by atoms with Gasteiger partial charge in [0.1, 0.15) is 6.54 Å². The van der Waals surface area contributed by atoms with Crippen molar-refractivity contribution in [2.75, 3.05) is 10.2 Å². The highest BCUT2D eigenvalue weighted by molar-refractivity contribution is 6.52. The molecule has 0 bridgehead atoms. The fourth-order valence-corrected chi connectivity index (χ4v) is 3.03. The third-order valence-corrected chi connectivity index (χ3v) is 4.35. The predicted octanol–water partition coefficient (Wildman–Crippen LogP) is 2.98. The molecule has 0 spiro atoms. The van der Waals surface area contributed by atoms with Crippen LogP contribution in [0.15, 0.2) is 65.2 Å². The second-order valence-electron chi connectivity index (χ2n) is 6.32. The summed E-state index contributed by atoms with van der Waals surface area (Å²) in [5, 5.41) is 6.58. The molecule has 2 heterocycles. The van der Waals surface area contributed by atoms with E-state index in [0.29, 0.717) is 17.2 Å². The van der Waals surface area contributed by atoms with Crippen LogP contribution < -0.4 is 10.2 Å². The van der Waals surface area contributed by atoms with Gasteiger partial charge in [0.2, 0.25) is 17.6 Å². The molecule has 0 saturated carbocycles. The van der Waals surface area contributed by atoms with E-state index in [-0.39, 0.29) is 23.9 Å². The van der Waals surface area contributed by atoms with Crippen LogP contribution in [0.1, 0.15) is 23.2 Å². The van der Waals surface area contributed by atoms with Crippen molar-refractivity contribution in [1.29, 1.82) is 0 Å². The lowest BCUT2D eigenvalue weighted by Gasteiger charge is -2.14. The van der Waals surface area contributed by atoms with E-state index in [1.165, 1.54) is 17.0 Å². The van der Waals surface area contributed by atoms with E-state index in [9.17, 15) is 14.4 Å². The Hall–Kier alpha value is -4.07. The number of nitrogens with one attached hydrogen (secondary N) is 1. The molecule has 0 atom stereocenters. The number of nitrogens with zero attached hydrogens (tertiary/aromatic N) is 3. The first-order chi connectivity index (χ1) is 14.1. The zero-order valence-electron chi connectivity index (χ0n) is 15.5. The van der Waals surface area contributed by atoms with Gasteiger partial charge < -0.3 is 9.84 Å². The Labute approximate surface area is 165 Å². The molecule has 29 heavy (non-hydrogen) atoms. The number of aromatic nitrogens is 2. The van der Waals surface area contributed by atoms with Crippen molar-refractivity contribution in [2.45, 2.75) is 13.5 Å². The molecule has 1 aliphatic rings. The van der Waals surface area contributed by atoms with Crippen molar-refractivity contribution in [2.24, 2.45) is 0 Å². The van der Waals surface area contributed by atoms with Crippen LogP contribution in [-0.2, 0) is 16.1 Å². The summed E-state index contributed by atoms with van der Waals surface area (Å²) in [6.45, 7) is 1.70. The fraction of sp³-hybridized carbons (Fsp3) is 0.0952. The summed E-state index contributed by atoms with van der Waals surface area (Å²) in [7, 11) is 0.